The highest BCUT2D eigenvalue weighted by Gasteiger charge is 2.04. The molecule has 0 aliphatic carbocycles. The monoisotopic (exact) mass is 276 g/mol. The average Bonchev–Trinajstić information content (AvgIpc) is 2.54. The second kappa shape index (κ2) is 6.51. The molecule has 3 rings (SSSR count). The molecule has 1 N–H and O–H groups in total. The van der Waals surface area contributed by atoms with E-state index in [1.807, 2.05) is 6.07 Å². The van der Waals surface area contributed by atoms with E-state index in [4.69, 9.17) is 4.98 Å². The summed E-state index contributed by atoms with van der Waals surface area (Å²) in [6.45, 7) is 4.04. The molecular weight excluding hydrogens is 256 g/mol. The molecule has 1 aromatic heterocycles. The first-order valence-corrected chi connectivity index (χ1v) is 7.49. The van der Waals surface area contributed by atoms with Gasteiger partial charge in [-0.1, -0.05) is 55.5 Å². The SMILES string of the molecule is CCNCc1ccccc1Cc1ccc2ccccc2n1. The van der Waals surface area contributed by atoms with Gasteiger partial charge in [-0.15, -0.1) is 0 Å². The highest BCUT2D eigenvalue weighted by atomic mass is 14.8. The Balaban J connectivity index is 1.87. The van der Waals surface area contributed by atoms with Gasteiger partial charge in [-0.05, 0) is 29.8 Å². The molecule has 0 aliphatic rings. The topological polar surface area (TPSA) is 24.9 Å². The van der Waals surface area contributed by atoms with E-state index in [1.54, 1.807) is 0 Å². The van der Waals surface area contributed by atoms with Gasteiger partial charge < -0.3 is 5.32 Å². The molecule has 0 aliphatic heterocycles. The van der Waals surface area contributed by atoms with Crippen molar-refractivity contribution in [1.29, 1.82) is 0 Å². The lowest BCUT2D eigenvalue weighted by Gasteiger charge is -2.10. The minimum atomic E-state index is 0.881. The van der Waals surface area contributed by atoms with Crippen LogP contribution in [0.25, 0.3) is 10.9 Å². The van der Waals surface area contributed by atoms with Crippen LogP contribution in [-0.4, -0.2) is 11.5 Å². The summed E-state index contributed by atoms with van der Waals surface area (Å²) in [5.41, 5.74) is 4.90. The number of para-hydroxylation sites is 1. The number of rotatable bonds is 5. The predicted molar refractivity (Wildman–Crippen MR) is 88.4 cm³/mol. The van der Waals surface area contributed by atoms with Crippen LogP contribution in [0.15, 0.2) is 60.7 Å². The summed E-state index contributed by atoms with van der Waals surface area (Å²) in [5.74, 6) is 0. The Kier molecular flexibility index (Phi) is 4.27. The summed E-state index contributed by atoms with van der Waals surface area (Å²) in [5, 5.41) is 4.60. The lowest BCUT2D eigenvalue weighted by molar-refractivity contribution is 0.721. The highest BCUT2D eigenvalue weighted by molar-refractivity contribution is 5.78. The maximum atomic E-state index is 4.77. The number of aromatic nitrogens is 1. The number of fused-ring (bicyclic) bond motifs is 1. The van der Waals surface area contributed by atoms with Gasteiger partial charge in [0.2, 0.25) is 0 Å². The second-order valence-electron chi connectivity index (χ2n) is 5.22. The maximum Gasteiger partial charge on any atom is 0.0705 e. The third-order valence-corrected chi connectivity index (χ3v) is 3.71. The fourth-order valence-electron chi connectivity index (χ4n) is 2.56. The Labute approximate surface area is 125 Å². The molecule has 0 saturated carbocycles. The van der Waals surface area contributed by atoms with Crippen molar-refractivity contribution in [3.63, 3.8) is 0 Å². The van der Waals surface area contributed by atoms with Gasteiger partial charge in [-0.25, -0.2) is 0 Å². The fourth-order valence-corrected chi connectivity index (χ4v) is 2.56. The fraction of sp³-hybridized carbons (Fsp3) is 0.211. The van der Waals surface area contributed by atoms with E-state index >= 15 is 0 Å². The molecule has 0 unspecified atom stereocenters. The third kappa shape index (κ3) is 3.29. The first-order chi connectivity index (χ1) is 10.4. The van der Waals surface area contributed by atoms with E-state index in [1.165, 1.54) is 16.5 Å². The minimum Gasteiger partial charge on any atom is -0.313 e. The van der Waals surface area contributed by atoms with E-state index in [2.05, 4.69) is 66.8 Å². The van der Waals surface area contributed by atoms with Gasteiger partial charge in [-0.2, -0.15) is 0 Å². The lowest BCUT2D eigenvalue weighted by atomic mass is 10.0. The van der Waals surface area contributed by atoms with Gasteiger partial charge in [0.15, 0.2) is 0 Å². The molecule has 0 atom stereocenters. The zero-order valence-corrected chi connectivity index (χ0v) is 12.3. The van der Waals surface area contributed by atoms with Crippen molar-refractivity contribution >= 4 is 10.9 Å². The molecular formula is C19H20N2. The molecule has 2 nitrogen and oxygen atoms in total. The summed E-state index contributed by atoms with van der Waals surface area (Å²) in [6, 6.07) is 21.2. The van der Waals surface area contributed by atoms with E-state index in [9.17, 15) is 0 Å². The first kappa shape index (κ1) is 13.8. The molecule has 2 aromatic carbocycles. The van der Waals surface area contributed by atoms with Crippen LogP contribution in [0.1, 0.15) is 23.7 Å². The minimum absolute atomic E-state index is 0.881. The molecule has 106 valence electrons. The van der Waals surface area contributed by atoms with E-state index in [0.29, 0.717) is 0 Å². The van der Waals surface area contributed by atoms with Crippen molar-refractivity contribution in [2.45, 2.75) is 19.9 Å². The normalized spacial score (nSPS) is 10.9. The molecule has 2 heteroatoms. The molecule has 0 radical (unpaired) electrons. The molecule has 1 heterocycles. The Bertz CT molecular complexity index is 734. The van der Waals surface area contributed by atoms with Crippen molar-refractivity contribution in [2.75, 3.05) is 6.54 Å². The zero-order valence-electron chi connectivity index (χ0n) is 12.3. The Hall–Kier alpha value is -2.19. The predicted octanol–water partition coefficient (Wildman–Crippen LogP) is 3.94. The molecule has 3 aromatic rings. The van der Waals surface area contributed by atoms with Crippen molar-refractivity contribution < 1.29 is 0 Å². The zero-order chi connectivity index (χ0) is 14.5. The summed E-state index contributed by atoms with van der Waals surface area (Å²) in [4.78, 5) is 4.77. The summed E-state index contributed by atoms with van der Waals surface area (Å²) in [7, 11) is 0. The number of hydrogen-bond donors (Lipinski definition) is 1. The summed E-state index contributed by atoms with van der Waals surface area (Å²) >= 11 is 0. The summed E-state index contributed by atoms with van der Waals surface area (Å²) < 4.78 is 0. The largest absolute Gasteiger partial charge is 0.313 e. The third-order valence-electron chi connectivity index (χ3n) is 3.71. The average molecular weight is 276 g/mol. The van der Waals surface area contributed by atoms with Gasteiger partial charge >= 0.3 is 0 Å². The number of pyridine rings is 1. The standard InChI is InChI=1S/C19H20N2/c1-2-20-14-17-9-4-3-8-16(17)13-18-12-11-15-7-5-6-10-19(15)21-18/h3-12,20H,2,13-14H2,1H3. The molecule has 0 saturated heterocycles. The van der Waals surface area contributed by atoms with Crippen LogP contribution < -0.4 is 5.32 Å². The van der Waals surface area contributed by atoms with Crippen LogP contribution in [0.5, 0.6) is 0 Å². The van der Waals surface area contributed by atoms with Crippen LogP contribution in [0.4, 0.5) is 0 Å². The highest BCUT2D eigenvalue weighted by Crippen LogP contribution is 2.17. The van der Waals surface area contributed by atoms with Gasteiger partial charge in [0.05, 0.1) is 5.52 Å². The van der Waals surface area contributed by atoms with Gasteiger partial charge in [0.1, 0.15) is 0 Å². The quantitative estimate of drug-likeness (QED) is 0.763. The van der Waals surface area contributed by atoms with Gasteiger partial charge in [-0.3, -0.25) is 4.98 Å². The Morgan fingerprint density at radius 2 is 1.62 bits per heavy atom. The number of nitrogens with zero attached hydrogens (tertiary/aromatic N) is 1. The first-order valence-electron chi connectivity index (χ1n) is 7.49. The van der Waals surface area contributed by atoms with Crippen LogP contribution in [-0.2, 0) is 13.0 Å². The van der Waals surface area contributed by atoms with Crippen molar-refractivity contribution in [1.82, 2.24) is 10.3 Å². The number of benzene rings is 2. The van der Waals surface area contributed by atoms with Crippen LogP contribution in [0, 0.1) is 0 Å². The van der Waals surface area contributed by atoms with Crippen molar-refractivity contribution in [3.05, 3.63) is 77.5 Å². The molecule has 0 fully saturated rings. The maximum absolute atomic E-state index is 4.77. The van der Waals surface area contributed by atoms with Crippen molar-refractivity contribution in [3.8, 4) is 0 Å². The van der Waals surface area contributed by atoms with E-state index in [0.717, 1.165) is 30.7 Å². The number of hydrogen-bond acceptors (Lipinski definition) is 2. The molecule has 21 heavy (non-hydrogen) atoms. The lowest BCUT2D eigenvalue weighted by Crippen LogP contribution is -2.13. The van der Waals surface area contributed by atoms with E-state index in [-0.39, 0.29) is 0 Å². The van der Waals surface area contributed by atoms with Crippen LogP contribution in [0.3, 0.4) is 0 Å². The summed E-state index contributed by atoms with van der Waals surface area (Å²) in [6.07, 6.45) is 0.881. The van der Waals surface area contributed by atoms with Crippen molar-refractivity contribution in [2.24, 2.45) is 0 Å². The van der Waals surface area contributed by atoms with Crippen LogP contribution in [0.2, 0.25) is 0 Å². The van der Waals surface area contributed by atoms with Gasteiger partial charge in [0, 0.05) is 24.0 Å². The second-order valence-corrected chi connectivity index (χ2v) is 5.22. The Morgan fingerprint density at radius 1 is 0.857 bits per heavy atom. The number of nitrogens with one attached hydrogen (secondary N) is 1. The smallest absolute Gasteiger partial charge is 0.0705 e. The molecule has 0 amide bonds. The van der Waals surface area contributed by atoms with Crippen LogP contribution >= 0.6 is 0 Å². The van der Waals surface area contributed by atoms with E-state index < -0.39 is 0 Å². The molecule has 0 spiro atoms. The Morgan fingerprint density at radius 3 is 2.48 bits per heavy atom. The molecule has 0 bridgehead atoms. The van der Waals surface area contributed by atoms with Gasteiger partial charge in [0.25, 0.3) is 0 Å².